The minimum Gasteiger partial charge on any atom is -0.491 e. The van der Waals surface area contributed by atoms with E-state index in [9.17, 15) is 10.2 Å². The third-order valence-corrected chi connectivity index (χ3v) is 5.58. The molecule has 0 radical (unpaired) electrons. The lowest BCUT2D eigenvalue weighted by Crippen LogP contribution is -2.23. The van der Waals surface area contributed by atoms with E-state index in [1.54, 1.807) is 36.9 Å². The monoisotopic (exact) mass is 458 g/mol. The van der Waals surface area contributed by atoms with Crippen LogP contribution in [-0.4, -0.2) is 54.7 Å². The summed E-state index contributed by atoms with van der Waals surface area (Å²) in [6.45, 7) is 1.10. The number of fused-ring (bicyclic) bond motifs is 2. The number of benzene rings is 3. The molecular formula is C26H26N4O4. The Balaban J connectivity index is 1.08. The van der Waals surface area contributed by atoms with Crippen molar-refractivity contribution in [2.75, 3.05) is 13.2 Å². The molecule has 0 saturated heterocycles. The van der Waals surface area contributed by atoms with Gasteiger partial charge in [-0.1, -0.05) is 24.3 Å². The lowest BCUT2D eigenvalue weighted by Gasteiger charge is -2.15. The number of hydrogen-bond acceptors (Lipinski definition) is 6. The molecule has 0 saturated carbocycles. The van der Waals surface area contributed by atoms with Crippen molar-refractivity contribution in [1.29, 1.82) is 0 Å². The predicted molar refractivity (Wildman–Crippen MR) is 129 cm³/mol. The summed E-state index contributed by atoms with van der Waals surface area (Å²) in [6.07, 6.45) is 2.10. The second kappa shape index (κ2) is 9.94. The molecule has 0 amide bonds. The zero-order valence-corrected chi connectivity index (χ0v) is 18.6. The van der Waals surface area contributed by atoms with Gasteiger partial charge < -0.3 is 28.8 Å². The summed E-state index contributed by atoms with van der Waals surface area (Å²) in [6, 6.07) is 22.7. The van der Waals surface area contributed by atoms with Crippen molar-refractivity contribution < 1.29 is 19.7 Å². The van der Waals surface area contributed by atoms with Gasteiger partial charge >= 0.3 is 0 Å². The molecule has 0 bridgehead atoms. The third-order valence-electron chi connectivity index (χ3n) is 5.58. The zero-order valence-electron chi connectivity index (χ0n) is 18.6. The average molecular weight is 459 g/mol. The summed E-state index contributed by atoms with van der Waals surface area (Å²) >= 11 is 0. The highest BCUT2D eigenvalue weighted by Gasteiger charge is 2.11. The largest absolute Gasteiger partial charge is 0.491 e. The van der Waals surface area contributed by atoms with Crippen LogP contribution in [0.2, 0.25) is 0 Å². The smallest absolute Gasteiger partial charge is 0.119 e. The van der Waals surface area contributed by atoms with Crippen LogP contribution >= 0.6 is 0 Å². The van der Waals surface area contributed by atoms with E-state index >= 15 is 0 Å². The SMILES string of the molecule is O[C@H](COc1ccc(OC[C@H](O)Cn2cnc3ccccc32)cc1)Cn1cnc2ccccc21. The Morgan fingerprint density at radius 1 is 0.618 bits per heavy atom. The van der Waals surface area contributed by atoms with Gasteiger partial charge in [-0.2, -0.15) is 0 Å². The topological polar surface area (TPSA) is 94.6 Å². The van der Waals surface area contributed by atoms with Crippen LogP contribution in [0.3, 0.4) is 0 Å². The van der Waals surface area contributed by atoms with Crippen molar-refractivity contribution in [3.63, 3.8) is 0 Å². The highest BCUT2D eigenvalue weighted by Crippen LogP contribution is 2.19. The number of ether oxygens (including phenoxy) is 2. The van der Waals surface area contributed by atoms with Crippen LogP contribution in [-0.2, 0) is 13.1 Å². The Morgan fingerprint density at radius 2 is 1.03 bits per heavy atom. The Morgan fingerprint density at radius 3 is 1.47 bits per heavy atom. The number of hydrogen-bond donors (Lipinski definition) is 2. The van der Waals surface area contributed by atoms with E-state index in [4.69, 9.17) is 9.47 Å². The average Bonchev–Trinajstić information content (AvgIpc) is 3.46. The minimum absolute atomic E-state index is 0.157. The predicted octanol–water partition coefficient (Wildman–Crippen LogP) is 3.27. The van der Waals surface area contributed by atoms with Crippen LogP contribution in [0.4, 0.5) is 0 Å². The first-order valence-corrected chi connectivity index (χ1v) is 11.2. The number of para-hydroxylation sites is 4. The van der Waals surface area contributed by atoms with Gasteiger partial charge in [-0.05, 0) is 48.5 Å². The standard InChI is InChI=1S/C26H26N4O4/c31-19(13-29-17-27-23-5-1-3-7-25(23)29)15-33-21-9-11-22(12-10-21)34-16-20(32)14-30-18-28-24-6-2-4-8-26(24)30/h1-12,17-20,31-32H,13-16H2/t19-,20+. The summed E-state index contributed by atoms with van der Waals surface area (Å²) in [7, 11) is 0. The normalized spacial score (nSPS) is 13.2. The molecular weight excluding hydrogens is 432 g/mol. The molecule has 0 aliphatic heterocycles. The summed E-state index contributed by atoms with van der Waals surface area (Å²) < 4.78 is 15.3. The molecule has 2 aromatic heterocycles. The van der Waals surface area contributed by atoms with Crippen molar-refractivity contribution >= 4 is 22.1 Å². The van der Waals surface area contributed by atoms with E-state index in [1.807, 2.05) is 57.7 Å². The highest BCUT2D eigenvalue weighted by molar-refractivity contribution is 5.75. The molecule has 3 aromatic carbocycles. The molecule has 0 aliphatic rings. The van der Waals surface area contributed by atoms with Crippen molar-refractivity contribution in [3.05, 3.63) is 85.5 Å². The van der Waals surface area contributed by atoms with Crippen LogP contribution in [0.5, 0.6) is 11.5 Å². The first-order valence-electron chi connectivity index (χ1n) is 11.2. The molecule has 0 unspecified atom stereocenters. The molecule has 8 nitrogen and oxygen atoms in total. The lowest BCUT2D eigenvalue weighted by atomic mass is 10.3. The van der Waals surface area contributed by atoms with Crippen LogP contribution < -0.4 is 9.47 Å². The zero-order chi connectivity index (χ0) is 23.3. The van der Waals surface area contributed by atoms with E-state index in [0.29, 0.717) is 24.6 Å². The number of aliphatic hydroxyl groups is 2. The number of aromatic nitrogens is 4. The number of imidazole rings is 2. The van der Waals surface area contributed by atoms with Crippen molar-refractivity contribution in [3.8, 4) is 11.5 Å². The second-order valence-electron chi connectivity index (χ2n) is 8.17. The molecule has 0 aliphatic carbocycles. The third kappa shape index (κ3) is 5.03. The van der Waals surface area contributed by atoms with Gasteiger partial charge in [0.2, 0.25) is 0 Å². The number of nitrogens with zero attached hydrogens (tertiary/aromatic N) is 4. The molecule has 8 heteroatoms. The number of aliphatic hydroxyl groups excluding tert-OH is 2. The maximum absolute atomic E-state index is 10.4. The fraction of sp³-hybridized carbons (Fsp3) is 0.231. The first kappa shape index (κ1) is 21.9. The Kier molecular flexibility index (Phi) is 6.42. The summed E-state index contributed by atoms with van der Waals surface area (Å²) in [5.41, 5.74) is 3.75. The van der Waals surface area contributed by atoms with Gasteiger partial charge in [-0.3, -0.25) is 0 Å². The molecule has 0 fully saturated rings. The van der Waals surface area contributed by atoms with Crippen LogP contribution in [0.25, 0.3) is 22.1 Å². The summed E-state index contributed by atoms with van der Waals surface area (Å²) in [5.74, 6) is 1.26. The first-order chi connectivity index (χ1) is 16.7. The van der Waals surface area contributed by atoms with Crippen molar-refractivity contribution in [2.24, 2.45) is 0 Å². The van der Waals surface area contributed by atoms with E-state index < -0.39 is 12.2 Å². The maximum atomic E-state index is 10.4. The van der Waals surface area contributed by atoms with Crippen LogP contribution in [0.15, 0.2) is 85.5 Å². The van der Waals surface area contributed by atoms with Gasteiger partial charge in [0.05, 0.1) is 47.8 Å². The summed E-state index contributed by atoms with van der Waals surface area (Å²) in [5, 5.41) is 20.8. The second-order valence-corrected chi connectivity index (χ2v) is 8.17. The van der Waals surface area contributed by atoms with E-state index in [0.717, 1.165) is 22.1 Å². The van der Waals surface area contributed by atoms with Crippen molar-refractivity contribution in [1.82, 2.24) is 19.1 Å². The van der Waals surface area contributed by atoms with Crippen LogP contribution in [0.1, 0.15) is 0 Å². The fourth-order valence-electron chi connectivity index (χ4n) is 3.89. The van der Waals surface area contributed by atoms with Gasteiger partial charge in [0.25, 0.3) is 0 Å². The van der Waals surface area contributed by atoms with Crippen molar-refractivity contribution in [2.45, 2.75) is 25.3 Å². The quantitative estimate of drug-likeness (QED) is 0.334. The van der Waals surface area contributed by atoms with E-state index in [-0.39, 0.29) is 13.2 Å². The van der Waals surface area contributed by atoms with Gasteiger partial charge in [-0.25, -0.2) is 9.97 Å². The van der Waals surface area contributed by atoms with E-state index in [2.05, 4.69) is 9.97 Å². The molecule has 5 rings (SSSR count). The molecule has 5 aromatic rings. The molecule has 0 spiro atoms. The van der Waals surface area contributed by atoms with E-state index in [1.165, 1.54) is 0 Å². The Bertz CT molecular complexity index is 1260. The minimum atomic E-state index is -0.678. The Labute approximate surface area is 196 Å². The maximum Gasteiger partial charge on any atom is 0.119 e. The van der Waals surface area contributed by atoms with Gasteiger partial charge in [0.1, 0.15) is 36.9 Å². The highest BCUT2D eigenvalue weighted by atomic mass is 16.5. The Hall–Kier alpha value is -3.88. The molecule has 2 atom stereocenters. The molecule has 34 heavy (non-hydrogen) atoms. The molecule has 2 N–H and O–H groups in total. The van der Waals surface area contributed by atoms with Gasteiger partial charge in [0.15, 0.2) is 0 Å². The summed E-state index contributed by atoms with van der Waals surface area (Å²) in [4.78, 5) is 8.68. The number of rotatable bonds is 10. The molecule has 174 valence electrons. The van der Waals surface area contributed by atoms with Crippen LogP contribution in [0, 0.1) is 0 Å². The van der Waals surface area contributed by atoms with Gasteiger partial charge in [-0.15, -0.1) is 0 Å². The fourth-order valence-corrected chi connectivity index (χ4v) is 3.89. The van der Waals surface area contributed by atoms with Gasteiger partial charge in [0, 0.05) is 0 Å². The molecule has 2 heterocycles. The lowest BCUT2D eigenvalue weighted by molar-refractivity contribution is 0.0916.